The molecule has 4 rings (SSSR count). The SMILES string of the molecule is Nc1ccccc1NC(=O)/C=C/CC[C@H](Oc1ccccc1)[C@@H](OC(=O)Nc1ccc(Br)cc1)c1ccc(O)cc1. The molecule has 0 radical (unpaired) electrons. The molecule has 5 N–H and O–H groups in total. The van der Waals surface area contributed by atoms with Crippen LogP contribution in [0.5, 0.6) is 11.5 Å². The summed E-state index contributed by atoms with van der Waals surface area (Å²) in [6.07, 6.45) is 1.88. The second kappa shape index (κ2) is 14.6. The van der Waals surface area contributed by atoms with Crippen molar-refractivity contribution in [1.82, 2.24) is 0 Å². The van der Waals surface area contributed by atoms with Gasteiger partial charge in [0.25, 0.3) is 0 Å². The van der Waals surface area contributed by atoms with E-state index in [4.69, 9.17) is 15.2 Å². The lowest BCUT2D eigenvalue weighted by Crippen LogP contribution is -2.31. The largest absolute Gasteiger partial charge is 0.508 e. The lowest BCUT2D eigenvalue weighted by Gasteiger charge is -2.28. The van der Waals surface area contributed by atoms with Gasteiger partial charge < -0.3 is 25.6 Å². The quantitative estimate of drug-likeness (QED) is 0.103. The van der Waals surface area contributed by atoms with Gasteiger partial charge in [-0.05, 0) is 85.1 Å². The lowest BCUT2D eigenvalue weighted by atomic mass is 10.00. The number of amides is 2. The Morgan fingerprint density at radius 3 is 2.27 bits per heavy atom. The first-order valence-electron chi connectivity index (χ1n) is 12.9. The monoisotopic (exact) mass is 615 g/mol. The summed E-state index contributed by atoms with van der Waals surface area (Å²) in [5.41, 5.74) is 8.12. The molecular weight excluding hydrogens is 586 g/mol. The number of carbonyl (C=O) groups excluding carboxylic acids is 2. The molecule has 210 valence electrons. The summed E-state index contributed by atoms with van der Waals surface area (Å²) in [6, 6.07) is 29.8. The van der Waals surface area contributed by atoms with Crippen molar-refractivity contribution in [3.05, 3.63) is 125 Å². The molecule has 0 heterocycles. The zero-order valence-corrected chi connectivity index (χ0v) is 23.7. The normalized spacial score (nSPS) is 12.3. The molecule has 2 atom stereocenters. The molecule has 0 spiro atoms. The summed E-state index contributed by atoms with van der Waals surface area (Å²) in [5, 5.41) is 15.4. The van der Waals surface area contributed by atoms with Gasteiger partial charge in [0.1, 0.15) is 17.6 Å². The van der Waals surface area contributed by atoms with Crippen molar-refractivity contribution in [2.45, 2.75) is 25.0 Å². The minimum atomic E-state index is -0.836. The summed E-state index contributed by atoms with van der Waals surface area (Å²) in [7, 11) is 0. The van der Waals surface area contributed by atoms with Gasteiger partial charge in [0, 0.05) is 10.2 Å². The van der Waals surface area contributed by atoms with Crippen LogP contribution in [-0.2, 0) is 9.53 Å². The Balaban J connectivity index is 1.52. The number of nitrogens with one attached hydrogen (secondary N) is 2. The summed E-state index contributed by atoms with van der Waals surface area (Å²) in [6.45, 7) is 0. The number of phenolic OH excluding ortho intramolecular Hbond substituents is 1. The number of phenols is 1. The van der Waals surface area contributed by atoms with Crippen LogP contribution in [-0.4, -0.2) is 23.2 Å². The fraction of sp³-hybridized carbons (Fsp3) is 0.125. The van der Waals surface area contributed by atoms with E-state index in [9.17, 15) is 14.7 Å². The van der Waals surface area contributed by atoms with E-state index in [1.807, 2.05) is 42.5 Å². The van der Waals surface area contributed by atoms with E-state index < -0.39 is 18.3 Å². The van der Waals surface area contributed by atoms with E-state index in [1.165, 1.54) is 18.2 Å². The average molecular weight is 617 g/mol. The number of halogens is 1. The van der Waals surface area contributed by atoms with Crippen LogP contribution in [0.25, 0.3) is 0 Å². The molecule has 0 fully saturated rings. The van der Waals surface area contributed by atoms with Gasteiger partial charge in [0.05, 0.1) is 11.4 Å². The Hall–Kier alpha value is -4.76. The summed E-state index contributed by atoms with van der Waals surface area (Å²) in [5.74, 6) is 0.364. The predicted octanol–water partition coefficient (Wildman–Crippen LogP) is 7.45. The summed E-state index contributed by atoms with van der Waals surface area (Å²) >= 11 is 3.38. The third-order valence-electron chi connectivity index (χ3n) is 6.02. The summed E-state index contributed by atoms with van der Waals surface area (Å²) in [4.78, 5) is 25.4. The standard InChI is InChI=1S/C32H30BrN3O5/c33-23-16-18-24(19-17-23)35-32(39)41-31(22-14-20-25(37)21-15-22)29(40-26-8-2-1-3-9-26)12-6-7-13-30(38)36-28-11-5-4-10-27(28)34/h1-5,7-11,13-21,29,31,37H,6,12,34H2,(H,35,39)(H,36,38)/b13-7+/t29-,31-/m0/s1. The Morgan fingerprint density at radius 1 is 0.878 bits per heavy atom. The van der Waals surface area contributed by atoms with E-state index >= 15 is 0 Å². The van der Waals surface area contributed by atoms with Crippen LogP contribution in [0.3, 0.4) is 0 Å². The highest BCUT2D eigenvalue weighted by Gasteiger charge is 2.29. The molecule has 4 aromatic rings. The number of hydrogen-bond donors (Lipinski definition) is 4. The maximum absolute atomic E-state index is 13.0. The highest BCUT2D eigenvalue weighted by Crippen LogP contribution is 2.30. The molecule has 2 amide bonds. The van der Waals surface area contributed by atoms with Crippen LogP contribution < -0.4 is 21.1 Å². The minimum absolute atomic E-state index is 0.0836. The van der Waals surface area contributed by atoms with Gasteiger partial charge in [-0.1, -0.05) is 64.5 Å². The second-order valence-corrected chi connectivity index (χ2v) is 9.99. The fourth-order valence-electron chi connectivity index (χ4n) is 4.00. The summed E-state index contributed by atoms with van der Waals surface area (Å²) < 4.78 is 13.1. The molecule has 0 saturated carbocycles. The zero-order chi connectivity index (χ0) is 29.0. The fourth-order valence-corrected chi connectivity index (χ4v) is 4.26. The van der Waals surface area contributed by atoms with Crippen molar-refractivity contribution in [1.29, 1.82) is 0 Å². The first-order valence-corrected chi connectivity index (χ1v) is 13.7. The molecule has 0 aliphatic carbocycles. The van der Waals surface area contributed by atoms with Gasteiger partial charge in [-0.15, -0.1) is 0 Å². The third-order valence-corrected chi connectivity index (χ3v) is 6.55. The van der Waals surface area contributed by atoms with Crippen LogP contribution in [0, 0.1) is 0 Å². The molecule has 0 aromatic heterocycles. The molecule has 4 aromatic carbocycles. The van der Waals surface area contributed by atoms with E-state index in [0.29, 0.717) is 41.2 Å². The first-order chi connectivity index (χ1) is 19.9. The van der Waals surface area contributed by atoms with E-state index in [1.54, 1.807) is 54.6 Å². The van der Waals surface area contributed by atoms with Crippen molar-refractivity contribution in [2.75, 3.05) is 16.4 Å². The van der Waals surface area contributed by atoms with Crippen LogP contribution in [0.4, 0.5) is 21.9 Å². The molecule has 9 heteroatoms. The number of para-hydroxylation sites is 3. The maximum atomic E-state index is 13.0. The molecule has 0 aliphatic heterocycles. The number of nitrogen functional groups attached to an aromatic ring is 1. The Morgan fingerprint density at radius 2 is 1.56 bits per heavy atom. The molecule has 0 saturated heterocycles. The van der Waals surface area contributed by atoms with Crippen molar-refractivity contribution >= 4 is 45.0 Å². The number of anilines is 3. The Bertz CT molecular complexity index is 1460. The number of ether oxygens (including phenoxy) is 2. The molecule has 0 bridgehead atoms. The van der Waals surface area contributed by atoms with Gasteiger partial charge >= 0.3 is 6.09 Å². The number of benzene rings is 4. The number of carbonyl (C=O) groups is 2. The van der Waals surface area contributed by atoms with Crippen molar-refractivity contribution < 1.29 is 24.2 Å². The van der Waals surface area contributed by atoms with Gasteiger partial charge in [0.2, 0.25) is 5.91 Å². The van der Waals surface area contributed by atoms with Crippen molar-refractivity contribution in [2.24, 2.45) is 0 Å². The highest BCUT2D eigenvalue weighted by molar-refractivity contribution is 9.10. The zero-order valence-electron chi connectivity index (χ0n) is 22.1. The predicted molar refractivity (Wildman–Crippen MR) is 164 cm³/mol. The number of rotatable bonds is 11. The molecule has 0 aliphatic rings. The van der Waals surface area contributed by atoms with Crippen molar-refractivity contribution in [3.63, 3.8) is 0 Å². The Labute approximate surface area is 246 Å². The van der Waals surface area contributed by atoms with Crippen LogP contribution in [0.1, 0.15) is 24.5 Å². The lowest BCUT2D eigenvalue weighted by molar-refractivity contribution is -0.111. The smallest absolute Gasteiger partial charge is 0.412 e. The first kappa shape index (κ1) is 29.2. The minimum Gasteiger partial charge on any atom is -0.508 e. The van der Waals surface area contributed by atoms with E-state index in [0.717, 1.165) is 4.47 Å². The van der Waals surface area contributed by atoms with Gasteiger partial charge in [-0.2, -0.15) is 0 Å². The Kier molecular flexibility index (Phi) is 10.4. The topological polar surface area (TPSA) is 123 Å². The van der Waals surface area contributed by atoms with Gasteiger partial charge in [-0.3, -0.25) is 10.1 Å². The number of aromatic hydroxyl groups is 1. The van der Waals surface area contributed by atoms with Crippen LogP contribution in [0.2, 0.25) is 0 Å². The van der Waals surface area contributed by atoms with E-state index in [-0.39, 0.29) is 11.7 Å². The molecule has 0 unspecified atom stereocenters. The van der Waals surface area contributed by atoms with E-state index in [2.05, 4.69) is 26.6 Å². The highest BCUT2D eigenvalue weighted by atomic mass is 79.9. The second-order valence-electron chi connectivity index (χ2n) is 9.07. The molecule has 41 heavy (non-hydrogen) atoms. The number of nitrogens with two attached hydrogens (primary N) is 1. The number of hydrogen-bond acceptors (Lipinski definition) is 6. The van der Waals surface area contributed by atoms with Gasteiger partial charge in [-0.25, -0.2) is 4.79 Å². The van der Waals surface area contributed by atoms with Crippen LogP contribution >= 0.6 is 15.9 Å². The average Bonchev–Trinajstić information content (AvgIpc) is 2.97. The van der Waals surface area contributed by atoms with Crippen LogP contribution in [0.15, 0.2) is 120 Å². The number of allylic oxidation sites excluding steroid dienone is 1. The third kappa shape index (κ3) is 9.15. The molecule has 8 nitrogen and oxygen atoms in total. The van der Waals surface area contributed by atoms with Crippen molar-refractivity contribution in [3.8, 4) is 11.5 Å². The maximum Gasteiger partial charge on any atom is 0.412 e. The van der Waals surface area contributed by atoms with Gasteiger partial charge in [0.15, 0.2) is 6.10 Å². The molecular formula is C32H30BrN3O5.